The number of rotatable bonds is 6. The Balaban J connectivity index is 1.61. The molecule has 1 aliphatic rings. The van der Waals surface area contributed by atoms with Crippen molar-refractivity contribution in [1.29, 1.82) is 0 Å². The molecule has 7 heteroatoms. The van der Waals surface area contributed by atoms with Crippen molar-refractivity contribution in [1.82, 2.24) is 24.6 Å². The van der Waals surface area contributed by atoms with Gasteiger partial charge in [0.2, 0.25) is 5.91 Å². The Morgan fingerprint density at radius 2 is 1.83 bits per heavy atom. The van der Waals surface area contributed by atoms with Crippen LogP contribution in [0.25, 0.3) is 16.5 Å². The van der Waals surface area contributed by atoms with Gasteiger partial charge in [0, 0.05) is 29.9 Å². The molecule has 0 saturated carbocycles. The minimum Gasteiger partial charge on any atom is -0.353 e. The van der Waals surface area contributed by atoms with Crippen molar-refractivity contribution in [3.8, 4) is 5.69 Å². The van der Waals surface area contributed by atoms with Gasteiger partial charge in [0.15, 0.2) is 0 Å². The second-order valence-electron chi connectivity index (χ2n) is 8.04. The van der Waals surface area contributed by atoms with E-state index in [4.69, 9.17) is 0 Å². The number of nitrogens with zero attached hydrogens (tertiary/aromatic N) is 4. The maximum absolute atomic E-state index is 13.2. The predicted molar refractivity (Wildman–Crippen MR) is 118 cm³/mol. The monoisotopic (exact) mass is 407 g/mol. The quantitative estimate of drug-likeness (QED) is 0.682. The summed E-state index contributed by atoms with van der Waals surface area (Å²) in [5, 5.41) is 8.84. The standard InChI is InChI=1S/C23H29N5O2/c1-16-20-15-25-28(19-9-5-4-6-10-19)23(30)21(20)17(2)27(16)18(3)22(29)24-11-14-26-12-7-8-13-26/h4-6,9-10,15,18H,7-8,11-14H2,1-3H3,(H,24,29). The van der Waals surface area contributed by atoms with E-state index in [-0.39, 0.29) is 11.5 Å². The Kier molecular flexibility index (Phi) is 5.72. The summed E-state index contributed by atoms with van der Waals surface area (Å²) in [5.74, 6) is -0.0305. The molecule has 3 aromatic rings. The number of carbonyl (C=O) groups excluding carboxylic acids is 1. The van der Waals surface area contributed by atoms with Gasteiger partial charge in [0.1, 0.15) is 6.04 Å². The lowest BCUT2D eigenvalue weighted by atomic mass is 10.2. The van der Waals surface area contributed by atoms with E-state index >= 15 is 0 Å². The van der Waals surface area contributed by atoms with E-state index in [1.807, 2.05) is 55.7 Å². The Hall–Kier alpha value is -2.93. The molecule has 30 heavy (non-hydrogen) atoms. The van der Waals surface area contributed by atoms with Crippen molar-refractivity contribution in [3.05, 3.63) is 58.3 Å². The van der Waals surface area contributed by atoms with Crippen LogP contribution in [0.5, 0.6) is 0 Å². The van der Waals surface area contributed by atoms with Crippen molar-refractivity contribution >= 4 is 16.7 Å². The predicted octanol–water partition coefficient (Wildman–Crippen LogP) is 2.58. The molecule has 0 spiro atoms. The molecule has 1 saturated heterocycles. The van der Waals surface area contributed by atoms with Gasteiger partial charge in [0.25, 0.3) is 5.56 Å². The van der Waals surface area contributed by atoms with Crippen LogP contribution < -0.4 is 10.9 Å². The van der Waals surface area contributed by atoms with Crippen LogP contribution in [0.3, 0.4) is 0 Å². The van der Waals surface area contributed by atoms with Crippen molar-refractivity contribution < 1.29 is 4.79 Å². The van der Waals surface area contributed by atoms with Gasteiger partial charge in [0.05, 0.1) is 17.3 Å². The third kappa shape index (κ3) is 3.65. The van der Waals surface area contributed by atoms with Crippen molar-refractivity contribution in [2.75, 3.05) is 26.2 Å². The number of benzene rings is 1. The minimum absolute atomic E-state index is 0.0305. The van der Waals surface area contributed by atoms with E-state index in [9.17, 15) is 9.59 Å². The number of likely N-dealkylation sites (tertiary alicyclic amines) is 1. The van der Waals surface area contributed by atoms with Crippen LogP contribution in [0.2, 0.25) is 0 Å². The average Bonchev–Trinajstić information content (AvgIpc) is 3.35. The third-order valence-electron chi connectivity index (χ3n) is 6.15. The molecule has 1 atom stereocenters. The smallest absolute Gasteiger partial charge is 0.281 e. The summed E-state index contributed by atoms with van der Waals surface area (Å²) in [7, 11) is 0. The zero-order valence-electron chi connectivity index (χ0n) is 17.9. The van der Waals surface area contributed by atoms with Gasteiger partial charge in [-0.15, -0.1) is 0 Å². The normalized spacial score (nSPS) is 15.6. The number of hydrogen-bond donors (Lipinski definition) is 1. The van der Waals surface area contributed by atoms with E-state index in [1.165, 1.54) is 17.5 Å². The number of para-hydroxylation sites is 1. The largest absolute Gasteiger partial charge is 0.353 e. The number of amides is 1. The summed E-state index contributed by atoms with van der Waals surface area (Å²) in [5.41, 5.74) is 2.23. The molecule has 7 nitrogen and oxygen atoms in total. The molecule has 1 N–H and O–H groups in total. The summed E-state index contributed by atoms with van der Waals surface area (Å²) in [6.45, 7) is 9.49. The zero-order valence-corrected chi connectivity index (χ0v) is 17.9. The number of aryl methyl sites for hydroxylation is 2. The van der Waals surface area contributed by atoms with E-state index < -0.39 is 6.04 Å². The van der Waals surface area contributed by atoms with Gasteiger partial charge in [-0.05, 0) is 58.8 Å². The molecule has 1 aliphatic heterocycles. The lowest BCUT2D eigenvalue weighted by molar-refractivity contribution is -0.123. The van der Waals surface area contributed by atoms with Crippen molar-refractivity contribution in [2.45, 2.75) is 39.7 Å². The molecule has 0 bridgehead atoms. The van der Waals surface area contributed by atoms with Gasteiger partial charge >= 0.3 is 0 Å². The first kappa shape index (κ1) is 20.3. The molecule has 0 radical (unpaired) electrons. The second kappa shape index (κ2) is 8.44. The first-order chi connectivity index (χ1) is 14.5. The summed E-state index contributed by atoms with van der Waals surface area (Å²) in [6, 6.07) is 8.98. The number of hydrogen-bond acceptors (Lipinski definition) is 4. The van der Waals surface area contributed by atoms with Crippen LogP contribution in [-0.2, 0) is 4.79 Å². The Labute approximate surface area is 176 Å². The van der Waals surface area contributed by atoms with Gasteiger partial charge < -0.3 is 14.8 Å². The highest BCUT2D eigenvalue weighted by Crippen LogP contribution is 2.26. The highest BCUT2D eigenvalue weighted by atomic mass is 16.2. The first-order valence-corrected chi connectivity index (χ1v) is 10.6. The number of aromatic nitrogens is 3. The van der Waals surface area contributed by atoms with Gasteiger partial charge in [-0.2, -0.15) is 9.78 Å². The molecular formula is C23H29N5O2. The van der Waals surface area contributed by atoms with Crippen LogP contribution >= 0.6 is 0 Å². The summed E-state index contributed by atoms with van der Waals surface area (Å²) in [6.07, 6.45) is 4.21. The van der Waals surface area contributed by atoms with Crippen molar-refractivity contribution in [3.63, 3.8) is 0 Å². The highest BCUT2D eigenvalue weighted by molar-refractivity contribution is 5.89. The zero-order chi connectivity index (χ0) is 21.3. The van der Waals surface area contributed by atoms with Crippen LogP contribution in [0.4, 0.5) is 0 Å². The van der Waals surface area contributed by atoms with Crippen LogP contribution in [0.15, 0.2) is 41.3 Å². The Morgan fingerprint density at radius 1 is 1.13 bits per heavy atom. The summed E-state index contributed by atoms with van der Waals surface area (Å²) < 4.78 is 3.37. The fourth-order valence-corrected chi connectivity index (χ4v) is 4.52. The molecule has 158 valence electrons. The van der Waals surface area contributed by atoms with Gasteiger partial charge in [-0.1, -0.05) is 18.2 Å². The van der Waals surface area contributed by atoms with Crippen LogP contribution in [-0.4, -0.2) is 51.3 Å². The number of fused-ring (bicyclic) bond motifs is 1. The average molecular weight is 408 g/mol. The lowest BCUT2D eigenvalue weighted by Gasteiger charge is -2.20. The number of carbonyl (C=O) groups is 1. The highest BCUT2D eigenvalue weighted by Gasteiger charge is 2.23. The minimum atomic E-state index is -0.402. The first-order valence-electron chi connectivity index (χ1n) is 10.6. The molecule has 4 rings (SSSR count). The van der Waals surface area contributed by atoms with E-state index in [2.05, 4.69) is 15.3 Å². The fourth-order valence-electron chi connectivity index (χ4n) is 4.52. The van der Waals surface area contributed by atoms with Crippen LogP contribution in [0.1, 0.15) is 37.2 Å². The SMILES string of the molecule is Cc1c2cnn(-c3ccccc3)c(=O)c2c(C)n1C(C)C(=O)NCCN1CCCC1. The molecule has 1 aromatic carbocycles. The van der Waals surface area contributed by atoms with E-state index in [0.29, 0.717) is 11.9 Å². The second-order valence-corrected chi connectivity index (χ2v) is 8.04. The molecule has 1 amide bonds. The summed E-state index contributed by atoms with van der Waals surface area (Å²) in [4.78, 5) is 28.4. The molecule has 1 fully saturated rings. The maximum atomic E-state index is 13.2. The van der Waals surface area contributed by atoms with Gasteiger partial charge in [-0.3, -0.25) is 9.59 Å². The molecule has 2 aromatic heterocycles. The van der Waals surface area contributed by atoms with E-state index in [0.717, 1.165) is 42.1 Å². The van der Waals surface area contributed by atoms with E-state index in [1.54, 1.807) is 6.20 Å². The fraction of sp³-hybridized carbons (Fsp3) is 0.435. The molecule has 0 aliphatic carbocycles. The molecular weight excluding hydrogens is 378 g/mol. The Morgan fingerprint density at radius 3 is 2.53 bits per heavy atom. The molecule has 1 unspecified atom stereocenters. The molecule has 3 heterocycles. The Bertz CT molecular complexity index is 1110. The van der Waals surface area contributed by atoms with Crippen LogP contribution in [0, 0.1) is 13.8 Å². The van der Waals surface area contributed by atoms with Crippen molar-refractivity contribution in [2.24, 2.45) is 0 Å². The third-order valence-corrected chi connectivity index (χ3v) is 6.15. The summed E-state index contributed by atoms with van der Waals surface area (Å²) >= 11 is 0. The number of nitrogens with one attached hydrogen (secondary N) is 1. The maximum Gasteiger partial charge on any atom is 0.281 e. The van der Waals surface area contributed by atoms with Gasteiger partial charge in [-0.25, -0.2) is 0 Å². The topological polar surface area (TPSA) is 72.2 Å². The lowest BCUT2D eigenvalue weighted by Crippen LogP contribution is -2.37.